The number of likely N-dealkylation sites (tertiary alicyclic amines) is 1. The van der Waals surface area contributed by atoms with Crippen LogP contribution in [0.5, 0.6) is 0 Å². The molecular formula is C16H23Cl2N3O2. The van der Waals surface area contributed by atoms with E-state index in [1.807, 2.05) is 0 Å². The summed E-state index contributed by atoms with van der Waals surface area (Å²) in [5.74, 6) is -0.637. The minimum absolute atomic E-state index is 0. The standard InChI is InChI=1S/C16H22ClN3O2.ClH/c1-10(11(2)18)15(21)19-14-6-5-12(17)9-13(14)16(22)20-7-3-4-8-20;/h5-6,9-11H,3-4,7-8,18H2,1-2H3,(H,19,21);1H. The van der Waals surface area contributed by atoms with Gasteiger partial charge in [0.2, 0.25) is 5.91 Å². The van der Waals surface area contributed by atoms with Gasteiger partial charge in [-0.2, -0.15) is 0 Å². The highest BCUT2D eigenvalue weighted by molar-refractivity contribution is 6.31. The molecular weight excluding hydrogens is 337 g/mol. The number of rotatable bonds is 4. The molecule has 1 saturated heterocycles. The molecule has 2 atom stereocenters. The fourth-order valence-electron chi connectivity index (χ4n) is 2.38. The van der Waals surface area contributed by atoms with E-state index in [0.29, 0.717) is 16.3 Å². The van der Waals surface area contributed by atoms with E-state index in [-0.39, 0.29) is 36.2 Å². The first-order valence-corrected chi connectivity index (χ1v) is 7.93. The van der Waals surface area contributed by atoms with Gasteiger partial charge in [0.1, 0.15) is 0 Å². The zero-order valence-electron chi connectivity index (χ0n) is 13.3. The number of hydrogen-bond donors (Lipinski definition) is 2. The van der Waals surface area contributed by atoms with Gasteiger partial charge in [0, 0.05) is 24.2 Å². The summed E-state index contributed by atoms with van der Waals surface area (Å²) in [6.07, 6.45) is 2.02. The van der Waals surface area contributed by atoms with Crippen molar-refractivity contribution >= 4 is 41.5 Å². The Labute approximate surface area is 148 Å². The van der Waals surface area contributed by atoms with Crippen LogP contribution in [-0.4, -0.2) is 35.8 Å². The van der Waals surface area contributed by atoms with Crippen molar-refractivity contribution in [1.82, 2.24) is 4.90 Å². The Hall–Kier alpha value is -1.30. The summed E-state index contributed by atoms with van der Waals surface area (Å²) in [6.45, 7) is 5.03. The molecule has 2 amide bonds. The van der Waals surface area contributed by atoms with Crippen molar-refractivity contribution in [2.45, 2.75) is 32.7 Å². The Balaban J connectivity index is 0.00000264. The summed E-state index contributed by atoms with van der Waals surface area (Å²) < 4.78 is 0. The second-order valence-electron chi connectivity index (χ2n) is 5.83. The summed E-state index contributed by atoms with van der Waals surface area (Å²) in [4.78, 5) is 26.6. The van der Waals surface area contributed by atoms with Gasteiger partial charge in [-0.15, -0.1) is 12.4 Å². The number of carbonyl (C=O) groups is 2. The third-order valence-corrected chi connectivity index (χ3v) is 4.30. The van der Waals surface area contributed by atoms with Gasteiger partial charge in [-0.05, 0) is 38.0 Å². The van der Waals surface area contributed by atoms with Gasteiger partial charge in [-0.25, -0.2) is 0 Å². The maximum Gasteiger partial charge on any atom is 0.256 e. The Bertz CT molecular complexity index is 572. The molecule has 128 valence electrons. The molecule has 0 saturated carbocycles. The molecule has 1 heterocycles. The lowest BCUT2D eigenvalue weighted by Gasteiger charge is -2.20. The smallest absolute Gasteiger partial charge is 0.256 e. The van der Waals surface area contributed by atoms with Gasteiger partial charge in [-0.1, -0.05) is 18.5 Å². The largest absolute Gasteiger partial charge is 0.339 e. The zero-order chi connectivity index (χ0) is 16.3. The fourth-order valence-corrected chi connectivity index (χ4v) is 2.55. The molecule has 1 aliphatic rings. The number of amides is 2. The van der Waals surface area contributed by atoms with E-state index >= 15 is 0 Å². The van der Waals surface area contributed by atoms with Crippen molar-refractivity contribution < 1.29 is 9.59 Å². The van der Waals surface area contributed by atoms with Gasteiger partial charge in [0.25, 0.3) is 5.91 Å². The fraction of sp³-hybridized carbons (Fsp3) is 0.500. The summed E-state index contributed by atoms with van der Waals surface area (Å²) in [5, 5.41) is 3.27. The predicted octanol–water partition coefficient (Wildman–Crippen LogP) is 2.92. The summed E-state index contributed by atoms with van der Waals surface area (Å²) in [5.41, 5.74) is 6.67. The van der Waals surface area contributed by atoms with Crippen LogP contribution >= 0.6 is 24.0 Å². The van der Waals surface area contributed by atoms with E-state index in [4.69, 9.17) is 17.3 Å². The van der Waals surface area contributed by atoms with E-state index in [0.717, 1.165) is 25.9 Å². The molecule has 1 aromatic rings. The van der Waals surface area contributed by atoms with Crippen molar-refractivity contribution in [3.05, 3.63) is 28.8 Å². The van der Waals surface area contributed by atoms with Crippen LogP contribution in [0.3, 0.4) is 0 Å². The zero-order valence-corrected chi connectivity index (χ0v) is 14.9. The number of nitrogens with two attached hydrogens (primary N) is 1. The number of halogens is 2. The molecule has 2 unspecified atom stereocenters. The summed E-state index contributed by atoms with van der Waals surface area (Å²) >= 11 is 6.01. The highest BCUT2D eigenvalue weighted by Gasteiger charge is 2.24. The predicted molar refractivity (Wildman–Crippen MR) is 95.3 cm³/mol. The van der Waals surface area contributed by atoms with Crippen LogP contribution < -0.4 is 11.1 Å². The topological polar surface area (TPSA) is 75.4 Å². The molecule has 0 spiro atoms. The Morgan fingerprint density at radius 2 is 1.87 bits per heavy atom. The van der Waals surface area contributed by atoms with Gasteiger partial charge >= 0.3 is 0 Å². The molecule has 0 aliphatic carbocycles. The molecule has 1 aliphatic heterocycles. The molecule has 23 heavy (non-hydrogen) atoms. The number of nitrogens with zero attached hydrogens (tertiary/aromatic N) is 1. The van der Waals surface area contributed by atoms with Gasteiger partial charge in [-0.3, -0.25) is 9.59 Å². The van der Waals surface area contributed by atoms with Crippen LogP contribution in [-0.2, 0) is 4.79 Å². The third-order valence-electron chi connectivity index (χ3n) is 4.07. The Morgan fingerprint density at radius 3 is 2.43 bits per heavy atom. The first-order valence-electron chi connectivity index (χ1n) is 7.55. The lowest BCUT2D eigenvalue weighted by Crippen LogP contribution is -2.35. The minimum Gasteiger partial charge on any atom is -0.339 e. The number of benzene rings is 1. The van der Waals surface area contributed by atoms with Crippen LogP contribution in [0.1, 0.15) is 37.0 Å². The monoisotopic (exact) mass is 359 g/mol. The molecule has 7 heteroatoms. The van der Waals surface area contributed by atoms with Crippen LogP contribution in [0.15, 0.2) is 18.2 Å². The molecule has 5 nitrogen and oxygen atoms in total. The van der Waals surface area contributed by atoms with Gasteiger partial charge in [0.05, 0.1) is 17.2 Å². The molecule has 2 rings (SSSR count). The quantitative estimate of drug-likeness (QED) is 0.867. The second kappa shape index (κ2) is 8.52. The van der Waals surface area contributed by atoms with Crippen molar-refractivity contribution in [3.8, 4) is 0 Å². The average molecular weight is 360 g/mol. The first-order chi connectivity index (χ1) is 10.4. The lowest BCUT2D eigenvalue weighted by atomic mass is 10.0. The summed E-state index contributed by atoms with van der Waals surface area (Å²) in [7, 11) is 0. The molecule has 0 radical (unpaired) electrons. The molecule has 0 bridgehead atoms. The number of nitrogens with one attached hydrogen (secondary N) is 1. The van der Waals surface area contributed by atoms with Gasteiger partial charge < -0.3 is 16.0 Å². The SMILES string of the molecule is CC(N)C(C)C(=O)Nc1ccc(Cl)cc1C(=O)N1CCCC1.Cl. The number of hydrogen-bond acceptors (Lipinski definition) is 3. The van der Waals surface area contributed by atoms with Crippen LogP contribution in [0.4, 0.5) is 5.69 Å². The van der Waals surface area contributed by atoms with Crippen molar-refractivity contribution in [2.24, 2.45) is 11.7 Å². The van der Waals surface area contributed by atoms with Gasteiger partial charge in [0.15, 0.2) is 0 Å². The Morgan fingerprint density at radius 1 is 1.26 bits per heavy atom. The Kier molecular flexibility index (Phi) is 7.32. The van der Waals surface area contributed by atoms with E-state index in [2.05, 4.69) is 5.32 Å². The minimum atomic E-state index is -0.342. The van der Waals surface area contributed by atoms with Crippen molar-refractivity contribution in [2.75, 3.05) is 18.4 Å². The van der Waals surface area contributed by atoms with E-state index in [9.17, 15) is 9.59 Å². The number of anilines is 1. The van der Waals surface area contributed by atoms with Crippen molar-refractivity contribution in [1.29, 1.82) is 0 Å². The van der Waals surface area contributed by atoms with E-state index in [1.54, 1.807) is 36.9 Å². The molecule has 0 aromatic heterocycles. The third kappa shape index (κ3) is 4.83. The molecule has 3 N–H and O–H groups in total. The molecule has 1 aromatic carbocycles. The normalized spacial score (nSPS) is 16.4. The average Bonchev–Trinajstić information content (AvgIpc) is 3.01. The highest BCUT2D eigenvalue weighted by atomic mass is 35.5. The number of carbonyl (C=O) groups excluding carboxylic acids is 2. The lowest BCUT2D eigenvalue weighted by molar-refractivity contribution is -0.119. The summed E-state index contributed by atoms with van der Waals surface area (Å²) in [6, 6.07) is 4.67. The first kappa shape index (κ1) is 19.7. The van der Waals surface area contributed by atoms with E-state index in [1.165, 1.54) is 0 Å². The maximum atomic E-state index is 12.6. The van der Waals surface area contributed by atoms with Crippen molar-refractivity contribution in [3.63, 3.8) is 0 Å². The van der Waals surface area contributed by atoms with Crippen LogP contribution in [0, 0.1) is 5.92 Å². The highest BCUT2D eigenvalue weighted by Crippen LogP contribution is 2.24. The van der Waals surface area contributed by atoms with Crippen LogP contribution in [0.25, 0.3) is 0 Å². The second-order valence-corrected chi connectivity index (χ2v) is 6.26. The van der Waals surface area contributed by atoms with Crippen LogP contribution in [0.2, 0.25) is 5.02 Å². The maximum absolute atomic E-state index is 12.6. The molecule has 1 fully saturated rings. The van der Waals surface area contributed by atoms with E-state index < -0.39 is 0 Å².